The molecule has 0 fully saturated rings. The molecule has 8 nitrogen and oxygen atoms in total. The molecule has 0 radical (unpaired) electrons. The van der Waals surface area contributed by atoms with E-state index in [2.05, 4.69) is 20.8 Å². The van der Waals surface area contributed by atoms with Crippen LogP contribution in [0.5, 0.6) is 11.5 Å². The van der Waals surface area contributed by atoms with Crippen LogP contribution < -0.4 is 20.1 Å². The number of rotatable bonds is 7. The summed E-state index contributed by atoms with van der Waals surface area (Å²) in [6.45, 7) is 0.504. The van der Waals surface area contributed by atoms with E-state index in [4.69, 9.17) is 9.47 Å². The number of aromatic nitrogens is 2. The maximum Gasteiger partial charge on any atom is 0.271 e. The van der Waals surface area contributed by atoms with Gasteiger partial charge in [-0.05, 0) is 29.8 Å². The monoisotopic (exact) mass is 460 g/mol. The summed E-state index contributed by atoms with van der Waals surface area (Å²) in [5, 5.41) is 14.0. The highest BCUT2D eigenvalue weighted by atomic mass is 32.2. The predicted molar refractivity (Wildman–Crippen MR) is 114 cm³/mol. The van der Waals surface area contributed by atoms with Crippen LogP contribution in [0.2, 0.25) is 0 Å². The van der Waals surface area contributed by atoms with E-state index in [0.29, 0.717) is 27.5 Å². The Morgan fingerprint density at radius 3 is 2.71 bits per heavy atom. The van der Waals surface area contributed by atoms with Crippen molar-refractivity contribution >= 4 is 40.0 Å². The van der Waals surface area contributed by atoms with Crippen molar-refractivity contribution in [1.29, 1.82) is 0 Å². The molecule has 1 atom stereocenters. The van der Waals surface area contributed by atoms with Gasteiger partial charge in [-0.3, -0.25) is 14.9 Å². The van der Waals surface area contributed by atoms with Crippen molar-refractivity contribution in [3.63, 3.8) is 0 Å². The normalized spacial score (nSPS) is 14.7. The Morgan fingerprint density at radius 1 is 1.13 bits per heavy atom. The lowest BCUT2D eigenvalue weighted by molar-refractivity contribution is -0.135. The molecule has 1 aromatic heterocycles. The highest BCUT2D eigenvalue weighted by Crippen LogP contribution is 2.31. The molecule has 2 aromatic carbocycles. The second-order valence-corrected chi connectivity index (χ2v) is 8.62. The fourth-order valence-corrected chi connectivity index (χ4v) is 4.20. The number of carbonyl (C=O) groups excluding carboxylic acids is 2. The number of fused-ring (bicyclic) bond motifs is 1. The largest absolute Gasteiger partial charge is 0.485 e. The van der Waals surface area contributed by atoms with Gasteiger partial charge in [0.15, 0.2) is 15.8 Å². The Kier molecular flexibility index (Phi) is 6.63. The highest BCUT2D eigenvalue weighted by Gasteiger charge is 2.28. The zero-order valence-corrected chi connectivity index (χ0v) is 17.7. The van der Waals surface area contributed by atoms with Crippen LogP contribution in [0.15, 0.2) is 52.9 Å². The molecule has 11 heteroatoms. The third kappa shape index (κ3) is 5.70. The van der Waals surface area contributed by atoms with Gasteiger partial charge in [0.1, 0.15) is 12.4 Å². The minimum absolute atomic E-state index is 0.00248. The van der Waals surface area contributed by atoms with Crippen molar-refractivity contribution in [1.82, 2.24) is 15.5 Å². The van der Waals surface area contributed by atoms with Crippen LogP contribution in [0.1, 0.15) is 5.56 Å². The number of nitrogens with zero attached hydrogens (tertiary/aromatic N) is 2. The SMILES string of the molecule is O=C(CSc1nnc(NCc2ccc(F)cc2)s1)NC(=O)[C@H]1COc2ccccc2O1. The van der Waals surface area contributed by atoms with Crippen LogP contribution in [0.25, 0.3) is 0 Å². The molecule has 160 valence electrons. The van der Waals surface area contributed by atoms with Gasteiger partial charge >= 0.3 is 0 Å². The van der Waals surface area contributed by atoms with Gasteiger partial charge in [0.2, 0.25) is 17.1 Å². The summed E-state index contributed by atoms with van der Waals surface area (Å²) in [5.74, 6) is -0.281. The van der Waals surface area contributed by atoms with Gasteiger partial charge in [0, 0.05) is 6.54 Å². The Morgan fingerprint density at radius 2 is 1.90 bits per heavy atom. The molecule has 1 aliphatic heterocycles. The summed E-state index contributed by atoms with van der Waals surface area (Å²) in [4.78, 5) is 24.4. The summed E-state index contributed by atoms with van der Waals surface area (Å²) in [7, 11) is 0. The van der Waals surface area contributed by atoms with Crippen LogP contribution in [0, 0.1) is 5.82 Å². The van der Waals surface area contributed by atoms with Gasteiger partial charge < -0.3 is 14.8 Å². The van der Waals surface area contributed by atoms with Crippen molar-refractivity contribution in [3.05, 3.63) is 59.9 Å². The molecular formula is C20H17FN4O4S2. The highest BCUT2D eigenvalue weighted by molar-refractivity contribution is 8.01. The Labute approximate surface area is 185 Å². The predicted octanol–water partition coefficient (Wildman–Crippen LogP) is 2.86. The third-order valence-electron chi connectivity index (χ3n) is 4.15. The number of ether oxygens (including phenoxy) is 2. The first kappa shape index (κ1) is 21.1. The summed E-state index contributed by atoms with van der Waals surface area (Å²) < 4.78 is 24.6. The number of anilines is 1. The summed E-state index contributed by atoms with van der Waals surface area (Å²) >= 11 is 2.45. The summed E-state index contributed by atoms with van der Waals surface area (Å²) in [6.07, 6.45) is -0.896. The number of imide groups is 1. The Hall–Kier alpha value is -3.18. The van der Waals surface area contributed by atoms with E-state index in [1.54, 1.807) is 36.4 Å². The molecule has 0 saturated heterocycles. The van der Waals surface area contributed by atoms with E-state index in [0.717, 1.165) is 5.56 Å². The maximum absolute atomic E-state index is 12.9. The molecule has 0 bridgehead atoms. The van der Waals surface area contributed by atoms with E-state index in [9.17, 15) is 14.0 Å². The first-order valence-electron chi connectivity index (χ1n) is 9.23. The van der Waals surface area contributed by atoms with Crippen LogP contribution in [0.4, 0.5) is 9.52 Å². The minimum Gasteiger partial charge on any atom is -0.485 e. The fourth-order valence-electron chi connectivity index (χ4n) is 2.65. The van der Waals surface area contributed by atoms with Crippen molar-refractivity contribution in [2.24, 2.45) is 0 Å². The number of hydrogen-bond acceptors (Lipinski definition) is 9. The van der Waals surface area contributed by atoms with E-state index in [-0.39, 0.29) is 18.2 Å². The maximum atomic E-state index is 12.9. The molecule has 0 aliphatic carbocycles. The Balaban J connectivity index is 1.21. The van der Waals surface area contributed by atoms with E-state index < -0.39 is 17.9 Å². The number of benzene rings is 2. The van der Waals surface area contributed by atoms with Gasteiger partial charge in [0.25, 0.3) is 5.91 Å². The summed E-state index contributed by atoms with van der Waals surface area (Å²) in [6, 6.07) is 13.2. The molecular weight excluding hydrogens is 443 g/mol. The number of nitrogens with one attached hydrogen (secondary N) is 2. The number of carbonyl (C=O) groups is 2. The van der Waals surface area contributed by atoms with E-state index >= 15 is 0 Å². The zero-order valence-electron chi connectivity index (χ0n) is 16.0. The molecule has 2 heterocycles. The minimum atomic E-state index is -0.896. The molecule has 31 heavy (non-hydrogen) atoms. The van der Waals surface area contributed by atoms with E-state index in [1.807, 2.05) is 0 Å². The smallest absolute Gasteiger partial charge is 0.271 e. The number of para-hydroxylation sites is 2. The number of thioether (sulfide) groups is 1. The van der Waals surface area contributed by atoms with Gasteiger partial charge in [-0.2, -0.15) is 0 Å². The molecule has 0 saturated carbocycles. The van der Waals surface area contributed by atoms with E-state index in [1.165, 1.54) is 35.2 Å². The average Bonchev–Trinajstić information content (AvgIpc) is 3.25. The van der Waals surface area contributed by atoms with Crippen molar-refractivity contribution in [3.8, 4) is 11.5 Å². The number of halogens is 1. The molecule has 1 aliphatic rings. The first-order chi connectivity index (χ1) is 15.1. The van der Waals surface area contributed by atoms with Crippen molar-refractivity contribution in [2.75, 3.05) is 17.7 Å². The quantitative estimate of drug-likeness (QED) is 0.519. The van der Waals surface area contributed by atoms with Gasteiger partial charge in [-0.1, -0.05) is 47.4 Å². The number of amides is 2. The van der Waals surface area contributed by atoms with Crippen LogP contribution >= 0.6 is 23.1 Å². The van der Waals surface area contributed by atoms with Gasteiger partial charge in [-0.25, -0.2) is 4.39 Å². The fraction of sp³-hybridized carbons (Fsp3) is 0.200. The Bertz CT molecular complexity index is 1080. The van der Waals surface area contributed by atoms with Crippen LogP contribution in [0.3, 0.4) is 0 Å². The standard InChI is InChI=1S/C20H17FN4O4S2/c21-13-7-5-12(6-8-13)9-22-19-24-25-20(31-19)30-11-17(26)23-18(27)16-10-28-14-3-1-2-4-15(14)29-16/h1-8,16H,9-11H2,(H,22,24)(H,23,26,27)/t16-/m1/s1. The number of hydrogen-bond donors (Lipinski definition) is 2. The lowest BCUT2D eigenvalue weighted by Crippen LogP contribution is -2.46. The molecule has 0 spiro atoms. The lowest BCUT2D eigenvalue weighted by Gasteiger charge is -2.25. The average molecular weight is 461 g/mol. The second-order valence-electron chi connectivity index (χ2n) is 6.42. The molecule has 2 amide bonds. The molecule has 3 aromatic rings. The first-order valence-corrected chi connectivity index (χ1v) is 11.0. The molecule has 4 rings (SSSR count). The molecule has 2 N–H and O–H groups in total. The van der Waals surface area contributed by atoms with Gasteiger partial charge in [-0.15, -0.1) is 10.2 Å². The zero-order chi connectivity index (χ0) is 21.6. The third-order valence-corrected chi connectivity index (χ3v) is 6.17. The topological polar surface area (TPSA) is 102 Å². The summed E-state index contributed by atoms with van der Waals surface area (Å²) in [5.41, 5.74) is 0.903. The lowest BCUT2D eigenvalue weighted by atomic mass is 10.2. The van der Waals surface area contributed by atoms with Gasteiger partial charge in [0.05, 0.1) is 5.75 Å². The van der Waals surface area contributed by atoms with Crippen molar-refractivity contribution < 1.29 is 23.5 Å². The molecule has 0 unspecified atom stereocenters. The van der Waals surface area contributed by atoms with Crippen LogP contribution in [-0.2, 0) is 16.1 Å². The van der Waals surface area contributed by atoms with Crippen molar-refractivity contribution in [2.45, 2.75) is 17.0 Å². The second kappa shape index (κ2) is 9.75. The van der Waals surface area contributed by atoms with Crippen LogP contribution in [-0.4, -0.2) is 40.5 Å².